The fourth-order valence-corrected chi connectivity index (χ4v) is 2.47. The van der Waals surface area contributed by atoms with E-state index in [9.17, 15) is 39.9 Å². The topological polar surface area (TPSA) is 17.1 Å². The summed E-state index contributed by atoms with van der Waals surface area (Å²) >= 11 is 0.282. The summed E-state index contributed by atoms with van der Waals surface area (Å²) in [6, 6.07) is 7.33. The molecule has 0 aromatic heterocycles. The van der Waals surface area contributed by atoms with Crippen LogP contribution in [0.4, 0.5) is 35.1 Å². The second-order valence-corrected chi connectivity index (χ2v) is 5.83. The van der Waals surface area contributed by atoms with Gasteiger partial charge >= 0.3 is 11.8 Å². The molecule has 0 N–H and O–H groups in total. The van der Waals surface area contributed by atoms with Crippen LogP contribution in [0.1, 0.15) is 16.8 Å². The van der Waals surface area contributed by atoms with Crippen LogP contribution in [0.15, 0.2) is 30.3 Å². The molecule has 1 nitrogen and oxygen atoms in total. The predicted molar refractivity (Wildman–Crippen MR) is 73.5 cm³/mol. The Kier molecular flexibility index (Phi) is 7.06. The zero-order chi connectivity index (χ0) is 18.5. The molecule has 1 aromatic carbocycles. The Bertz CT molecular complexity index is 537. The summed E-state index contributed by atoms with van der Waals surface area (Å²) < 4.78 is 103. The number of alkyl halides is 8. The molecule has 0 heterocycles. The van der Waals surface area contributed by atoms with Crippen LogP contribution in [0.25, 0.3) is 0 Å². The van der Waals surface area contributed by atoms with Crippen LogP contribution in [0.3, 0.4) is 0 Å². The maximum absolute atomic E-state index is 13.4. The first-order valence-corrected chi connectivity index (χ1v) is 7.53. The van der Waals surface area contributed by atoms with Crippen molar-refractivity contribution in [2.75, 3.05) is 5.75 Å². The highest BCUT2D eigenvalue weighted by molar-refractivity contribution is 8.14. The van der Waals surface area contributed by atoms with Gasteiger partial charge in [-0.15, -0.1) is 0 Å². The smallest absolute Gasteiger partial charge is 0.282 e. The summed E-state index contributed by atoms with van der Waals surface area (Å²) in [5.41, 5.74) is 0.141. The molecule has 2 unspecified atom stereocenters. The van der Waals surface area contributed by atoms with E-state index in [1.54, 1.807) is 6.07 Å². The van der Waals surface area contributed by atoms with Crippen LogP contribution in [-0.2, 0) is 0 Å². The van der Waals surface area contributed by atoms with Crippen molar-refractivity contribution < 1.29 is 39.9 Å². The Hall–Kier alpha value is -1.32. The van der Waals surface area contributed by atoms with Crippen LogP contribution in [0.2, 0.25) is 0 Å². The Morgan fingerprint density at radius 2 is 1.54 bits per heavy atom. The maximum atomic E-state index is 13.4. The molecule has 0 radical (unpaired) electrons. The summed E-state index contributed by atoms with van der Waals surface area (Å²) in [6.45, 7) is 0. The standard InChI is InChI=1S/C14H12F8OS/c15-9(11(17)18)10(16)14(21,22)13(19,20)6-7-24-12(23)8-4-2-1-3-5-8/h1-5,9-11H,6-7H2. The molecular formula is C14H12F8OS. The second-order valence-electron chi connectivity index (χ2n) is 4.76. The molecule has 0 aliphatic heterocycles. The molecule has 24 heavy (non-hydrogen) atoms. The fourth-order valence-electron chi connectivity index (χ4n) is 1.63. The number of thioether (sulfide) groups is 1. The van der Waals surface area contributed by atoms with Gasteiger partial charge in [-0.3, -0.25) is 4.79 Å². The third kappa shape index (κ3) is 4.84. The number of hydrogen-bond donors (Lipinski definition) is 0. The molecule has 2 atom stereocenters. The van der Waals surface area contributed by atoms with Crippen LogP contribution in [0, 0.1) is 0 Å². The monoisotopic (exact) mass is 380 g/mol. The van der Waals surface area contributed by atoms with Gasteiger partial charge in [-0.2, -0.15) is 17.6 Å². The Balaban J connectivity index is 2.66. The lowest BCUT2D eigenvalue weighted by Gasteiger charge is -2.30. The SMILES string of the molecule is O=C(SCCC(F)(F)C(F)(F)C(F)C(F)C(F)F)c1ccccc1. The quantitative estimate of drug-likeness (QED) is 0.580. The van der Waals surface area contributed by atoms with Gasteiger partial charge < -0.3 is 0 Å². The van der Waals surface area contributed by atoms with Gasteiger partial charge in [0.05, 0.1) is 0 Å². The molecule has 136 valence electrons. The van der Waals surface area contributed by atoms with Gasteiger partial charge in [-0.05, 0) is 0 Å². The van der Waals surface area contributed by atoms with E-state index in [0.717, 1.165) is 0 Å². The zero-order valence-corrected chi connectivity index (χ0v) is 12.7. The first-order valence-electron chi connectivity index (χ1n) is 6.55. The van der Waals surface area contributed by atoms with E-state index in [2.05, 4.69) is 0 Å². The predicted octanol–water partition coefficient (Wildman–Crippen LogP) is 5.16. The van der Waals surface area contributed by atoms with Gasteiger partial charge in [0.15, 0.2) is 6.17 Å². The van der Waals surface area contributed by atoms with E-state index in [0.29, 0.717) is 0 Å². The molecule has 0 aliphatic rings. The molecule has 0 aliphatic carbocycles. The molecule has 0 saturated carbocycles. The normalized spacial score (nSPS) is 15.4. The second kappa shape index (κ2) is 8.17. The molecule has 0 fully saturated rings. The van der Waals surface area contributed by atoms with Crippen molar-refractivity contribution in [2.24, 2.45) is 0 Å². The summed E-state index contributed by atoms with van der Waals surface area (Å²) in [6.07, 6.45) is -14.2. The van der Waals surface area contributed by atoms with Crippen molar-refractivity contribution in [2.45, 2.75) is 37.0 Å². The molecule has 0 amide bonds. The average molecular weight is 380 g/mol. The summed E-state index contributed by atoms with van der Waals surface area (Å²) in [5.74, 6) is -11.5. The largest absolute Gasteiger partial charge is 0.343 e. The van der Waals surface area contributed by atoms with E-state index in [-0.39, 0.29) is 17.3 Å². The van der Waals surface area contributed by atoms with Gasteiger partial charge in [0.25, 0.3) is 6.43 Å². The molecule has 1 rings (SSSR count). The van der Waals surface area contributed by atoms with Crippen molar-refractivity contribution in [1.29, 1.82) is 0 Å². The van der Waals surface area contributed by atoms with Crippen molar-refractivity contribution in [3.8, 4) is 0 Å². The number of hydrogen-bond acceptors (Lipinski definition) is 2. The number of carbonyl (C=O) groups is 1. The Labute approximate surface area is 136 Å². The highest BCUT2D eigenvalue weighted by atomic mass is 32.2. The maximum Gasteiger partial charge on any atom is 0.343 e. The van der Waals surface area contributed by atoms with Gasteiger partial charge in [-0.1, -0.05) is 42.1 Å². The molecule has 1 aromatic rings. The molecule has 0 spiro atoms. The molecular weight excluding hydrogens is 368 g/mol. The highest BCUT2D eigenvalue weighted by Gasteiger charge is 2.64. The first-order chi connectivity index (χ1) is 11.0. The molecule has 0 saturated heterocycles. The lowest BCUT2D eigenvalue weighted by molar-refractivity contribution is -0.254. The minimum absolute atomic E-state index is 0.141. The van der Waals surface area contributed by atoms with Gasteiger partial charge in [0, 0.05) is 17.7 Å². The Morgan fingerprint density at radius 3 is 2.04 bits per heavy atom. The highest BCUT2D eigenvalue weighted by Crippen LogP contribution is 2.43. The number of benzene rings is 1. The third-order valence-corrected chi connectivity index (χ3v) is 3.92. The van der Waals surface area contributed by atoms with Crippen molar-refractivity contribution in [3.63, 3.8) is 0 Å². The van der Waals surface area contributed by atoms with Crippen LogP contribution in [-0.4, -0.2) is 41.5 Å². The number of halogens is 8. The average Bonchev–Trinajstić information content (AvgIpc) is 2.53. The van der Waals surface area contributed by atoms with Crippen LogP contribution >= 0.6 is 11.8 Å². The summed E-state index contributed by atoms with van der Waals surface area (Å²) in [5, 5.41) is -0.678. The minimum Gasteiger partial charge on any atom is -0.282 e. The van der Waals surface area contributed by atoms with E-state index >= 15 is 0 Å². The summed E-state index contributed by atoms with van der Waals surface area (Å²) in [7, 11) is 0. The lowest BCUT2D eigenvalue weighted by Crippen LogP contribution is -2.53. The van der Waals surface area contributed by atoms with Crippen LogP contribution < -0.4 is 0 Å². The van der Waals surface area contributed by atoms with Crippen LogP contribution in [0.5, 0.6) is 0 Å². The molecule has 10 heteroatoms. The number of carbonyl (C=O) groups excluding carboxylic acids is 1. The van der Waals surface area contributed by atoms with E-state index in [1.165, 1.54) is 24.3 Å². The molecule has 0 bridgehead atoms. The van der Waals surface area contributed by atoms with Gasteiger partial charge in [0.1, 0.15) is 0 Å². The minimum atomic E-state index is -5.63. The summed E-state index contributed by atoms with van der Waals surface area (Å²) in [4.78, 5) is 11.6. The lowest BCUT2D eigenvalue weighted by atomic mass is 10.0. The van der Waals surface area contributed by atoms with E-state index in [1.807, 2.05) is 0 Å². The van der Waals surface area contributed by atoms with Gasteiger partial charge in [-0.25, -0.2) is 17.6 Å². The van der Waals surface area contributed by atoms with Crippen molar-refractivity contribution in [1.82, 2.24) is 0 Å². The van der Waals surface area contributed by atoms with Crippen molar-refractivity contribution in [3.05, 3.63) is 35.9 Å². The zero-order valence-electron chi connectivity index (χ0n) is 11.9. The Morgan fingerprint density at radius 1 is 1.00 bits per heavy atom. The van der Waals surface area contributed by atoms with Crippen molar-refractivity contribution >= 4 is 16.9 Å². The van der Waals surface area contributed by atoms with E-state index in [4.69, 9.17) is 0 Å². The third-order valence-electron chi connectivity index (χ3n) is 3.01. The van der Waals surface area contributed by atoms with E-state index < -0.39 is 47.9 Å². The number of rotatable bonds is 8. The fraction of sp³-hybridized carbons (Fsp3) is 0.500. The van der Waals surface area contributed by atoms with Gasteiger partial charge in [0.2, 0.25) is 11.3 Å². The first kappa shape index (κ1) is 20.7.